The van der Waals surface area contributed by atoms with Crippen LogP contribution in [0.1, 0.15) is 6.23 Å². The lowest BCUT2D eigenvalue weighted by atomic mass is 10.1. The molecule has 0 aromatic carbocycles. The molecule has 0 saturated carbocycles. The molecule has 3 heterocycles. The largest absolute Gasteiger partial charge is 0.470 e. The third-order valence-corrected chi connectivity index (χ3v) is 4.01. The molecule has 0 spiro atoms. The van der Waals surface area contributed by atoms with E-state index < -0.39 is 44.7 Å². The molecule has 1 aliphatic heterocycles. The Morgan fingerprint density at radius 1 is 1.50 bits per heavy atom. The van der Waals surface area contributed by atoms with Gasteiger partial charge in [-0.1, -0.05) is 0 Å². The van der Waals surface area contributed by atoms with Gasteiger partial charge < -0.3 is 30.5 Å². The summed E-state index contributed by atoms with van der Waals surface area (Å²) >= 11 is 0. The average Bonchev–Trinajstić information content (AvgIpc) is 3.00. The molecule has 1 fully saturated rings. The van der Waals surface area contributed by atoms with Crippen LogP contribution in [0.4, 0.5) is 5.82 Å². The lowest BCUT2D eigenvalue weighted by Crippen LogP contribution is -2.35. The molecule has 0 radical (unpaired) electrons. The van der Waals surface area contributed by atoms with Gasteiger partial charge in [0, 0.05) is 0 Å². The summed E-state index contributed by atoms with van der Waals surface area (Å²) in [5, 5.41) is 19.6. The summed E-state index contributed by atoms with van der Waals surface area (Å²) in [4.78, 5) is 39.2. The summed E-state index contributed by atoms with van der Waals surface area (Å²) in [5.41, 5.74) is 5.01. The van der Waals surface area contributed by atoms with Gasteiger partial charge in [-0.2, -0.15) is 4.98 Å². The second kappa shape index (κ2) is 5.89. The number of phosphoric ester groups is 1. The number of aromatic amines is 1. The molecular formula is C10H14N5O8P. The van der Waals surface area contributed by atoms with E-state index in [2.05, 4.69) is 19.5 Å². The molecule has 132 valence electrons. The monoisotopic (exact) mass is 363 g/mol. The number of aliphatic hydroxyl groups excluding tert-OH is 2. The number of ether oxygens (including phenoxy) is 1. The number of nitrogens with zero attached hydrogens (tertiary/aromatic N) is 3. The van der Waals surface area contributed by atoms with E-state index in [4.69, 9.17) is 20.3 Å². The minimum atomic E-state index is -4.94. The van der Waals surface area contributed by atoms with Crippen LogP contribution >= 0.6 is 7.82 Å². The van der Waals surface area contributed by atoms with Crippen molar-refractivity contribution in [2.45, 2.75) is 24.5 Å². The summed E-state index contributed by atoms with van der Waals surface area (Å²) in [5.74, 6) is -0.0436. The van der Waals surface area contributed by atoms with Crippen molar-refractivity contribution in [2.24, 2.45) is 0 Å². The zero-order chi connectivity index (χ0) is 17.6. The van der Waals surface area contributed by atoms with Gasteiger partial charge in [0.1, 0.15) is 29.6 Å². The highest BCUT2D eigenvalue weighted by molar-refractivity contribution is 7.46. The average molecular weight is 363 g/mol. The number of imidazole rings is 1. The highest BCUT2D eigenvalue weighted by atomic mass is 31.2. The Kier molecular flexibility index (Phi) is 4.17. The third kappa shape index (κ3) is 2.93. The van der Waals surface area contributed by atoms with E-state index >= 15 is 0 Å². The smallest absolute Gasteiger partial charge is 0.394 e. The fraction of sp³-hybridized carbons (Fsp3) is 0.500. The fourth-order valence-corrected chi connectivity index (χ4v) is 3.10. The Bertz CT molecular complexity index is 861. The van der Waals surface area contributed by atoms with Gasteiger partial charge >= 0.3 is 13.5 Å². The van der Waals surface area contributed by atoms with E-state index in [9.17, 15) is 19.6 Å². The lowest BCUT2D eigenvalue weighted by molar-refractivity contribution is -0.0509. The fourth-order valence-electron chi connectivity index (χ4n) is 2.53. The van der Waals surface area contributed by atoms with Crippen molar-refractivity contribution in [3.63, 3.8) is 0 Å². The van der Waals surface area contributed by atoms with Crippen LogP contribution in [-0.2, 0) is 13.8 Å². The van der Waals surface area contributed by atoms with E-state index in [1.165, 1.54) is 6.33 Å². The first-order valence-corrected chi connectivity index (χ1v) is 8.15. The molecular weight excluding hydrogens is 349 g/mol. The maximum atomic E-state index is 11.5. The molecule has 1 saturated heterocycles. The number of anilines is 1. The highest BCUT2D eigenvalue weighted by Crippen LogP contribution is 2.44. The zero-order valence-corrected chi connectivity index (χ0v) is 12.8. The van der Waals surface area contributed by atoms with Gasteiger partial charge in [0.05, 0.1) is 12.9 Å². The number of H-pyrrole nitrogens is 1. The maximum absolute atomic E-state index is 11.5. The quantitative estimate of drug-likeness (QED) is 0.311. The Labute approximate surface area is 132 Å². The van der Waals surface area contributed by atoms with Crippen molar-refractivity contribution in [3.05, 3.63) is 16.8 Å². The molecule has 24 heavy (non-hydrogen) atoms. The first-order valence-electron chi connectivity index (χ1n) is 6.62. The summed E-state index contributed by atoms with van der Waals surface area (Å²) in [6.07, 6.45) is -4.36. The standard InChI is InChI=1S/C10H14N5O8P/c11-7-4-8(14-10(18)13-7)15(2-12-4)9-5(17)6(3(1-16)22-9)23-24(19,20)21/h2-3,5-6,9,16-17H,1H2,(H2,19,20,21)(H3,11,13,14,18)/t3-,5-,6-,9-/m1/s1. The van der Waals surface area contributed by atoms with Gasteiger partial charge in [-0.05, 0) is 0 Å². The van der Waals surface area contributed by atoms with Gasteiger partial charge in [0.2, 0.25) is 0 Å². The van der Waals surface area contributed by atoms with Crippen LogP contribution in [0.2, 0.25) is 0 Å². The second-order valence-electron chi connectivity index (χ2n) is 5.08. The molecule has 0 bridgehead atoms. The Morgan fingerprint density at radius 2 is 2.21 bits per heavy atom. The molecule has 0 aliphatic carbocycles. The third-order valence-electron chi connectivity index (χ3n) is 3.49. The first-order chi connectivity index (χ1) is 11.2. The highest BCUT2D eigenvalue weighted by Gasteiger charge is 2.48. The number of rotatable bonds is 4. The number of aliphatic hydroxyl groups is 2. The number of nitrogen functional groups attached to an aromatic ring is 1. The predicted octanol–water partition coefficient (Wildman–Crippen LogP) is -2.57. The molecule has 1 aliphatic rings. The minimum Gasteiger partial charge on any atom is -0.394 e. The van der Waals surface area contributed by atoms with Crippen LogP contribution in [0.3, 0.4) is 0 Å². The number of aromatic nitrogens is 4. The van der Waals surface area contributed by atoms with Crippen LogP contribution in [-0.4, -0.2) is 64.4 Å². The predicted molar refractivity (Wildman–Crippen MR) is 76.5 cm³/mol. The number of phosphoric acid groups is 1. The van der Waals surface area contributed by atoms with Crippen LogP contribution in [0.15, 0.2) is 11.1 Å². The van der Waals surface area contributed by atoms with Crippen molar-refractivity contribution < 1.29 is 33.8 Å². The summed E-state index contributed by atoms with van der Waals surface area (Å²) in [7, 11) is -4.94. The molecule has 3 rings (SSSR count). The van der Waals surface area contributed by atoms with Crippen LogP contribution in [0.25, 0.3) is 11.2 Å². The van der Waals surface area contributed by atoms with Gasteiger partial charge in [-0.15, -0.1) is 0 Å². The number of nitrogens with one attached hydrogen (secondary N) is 1. The van der Waals surface area contributed by atoms with Crippen molar-refractivity contribution in [2.75, 3.05) is 12.3 Å². The van der Waals surface area contributed by atoms with Crippen molar-refractivity contribution in [1.82, 2.24) is 19.5 Å². The van der Waals surface area contributed by atoms with Gasteiger partial charge in [-0.3, -0.25) is 14.1 Å². The Morgan fingerprint density at radius 3 is 2.83 bits per heavy atom. The molecule has 0 amide bonds. The topological polar surface area (TPSA) is 206 Å². The summed E-state index contributed by atoms with van der Waals surface area (Å²) in [6.45, 7) is -0.666. The number of hydrogen-bond donors (Lipinski definition) is 6. The number of nitrogens with two attached hydrogens (primary N) is 1. The molecule has 13 nitrogen and oxygen atoms in total. The SMILES string of the molecule is Nc1[nH]c(=O)nc2c1ncn2[C@@H]1O[C@H](CO)[C@@H](OP(=O)(O)O)[C@H]1O. The van der Waals surface area contributed by atoms with E-state index in [-0.39, 0.29) is 17.0 Å². The molecule has 7 N–H and O–H groups in total. The van der Waals surface area contributed by atoms with E-state index in [0.717, 1.165) is 4.57 Å². The number of hydrogen-bond acceptors (Lipinski definition) is 9. The second-order valence-corrected chi connectivity index (χ2v) is 6.27. The molecule has 4 atom stereocenters. The molecule has 0 unspecified atom stereocenters. The summed E-state index contributed by atoms with van der Waals surface area (Å²) in [6, 6.07) is 0. The number of fused-ring (bicyclic) bond motifs is 1. The van der Waals surface area contributed by atoms with Crippen LogP contribution in [0.5, 0.6) is 0 Å². The van der Waals surface area contributed by atoms with Crippen molar-refractivity contribution in [1.29, 1.82) is 0 Å². The van der Waals surface area contributed by atoms with E-state index in [1.54, 1.807) is 0 Å². The van der Waals surface area contributed by atoms with Gasteiger partial charge in [0.25, 0.3) is 0 Å². The normalized spacial score (nSPS) is 27.8. The maximum Gasteiger partial charge on any atom is 0.470 e. The Balaban J connectivity index is 2.01. The minimum absolute atomic E-state index is 0.00572. The van der Waals surface area contributed by atoms with Crippen LogP contribution < -0.4 is 11.4 Å². The Hall–Kier alpha value is -1.86. The van der Waals surface area contributed by atoms with Crippen molar-refractivity contribution >= 4 is 24.8 Å². The van der Waals surface area contributed by atoms with E-state index in [1.807, 2.05) is 0 Å². The lowest BCUT2D eigenvalue weighted by Gasteiger charge is -2.19. The first kappa shape index (κ1) is 17.0. The summed E-state index contributed by atoms with van der Waals surface area (Å²) < 4.78 is 22.0. The molecule has 2 aromatic rings. The van der Waals surface area contributed by atoms with E-state index in [0.29, 0.717) is 0 Å². The molecule has 14 heteroatoms. The zero-order valence-electron chi connectivity index (χ0n) is 11.9. The van der Waals surface area contributed by atoms with Gasteiger partial charge in [0.15, 0.2) is 11.9 Å². The molecule has 2 aromatic heterocycles. The van der Waals surface area contributed by atoms with Crippen molar-refractivity contribution in [3.8, 4) is 0 Å². The van der Waals surface area contributed by atoms with Crippen LogP contribution in [0, 0.1) is 0 Å². The van der Waals surface area contributed by atoms with Gasteiger partial charge in [-0.25, -0.2) is 14.3 Å².